The number of alkyl carbamates (subject to hydrolysis) is 1. The van der Waals surface area contributed by atoms with Crippen LogP contribution >= 0.6 is 11.6 Å². The molecule has 0 bridgehead atoms. The van der Waals surface area contributed by atoms with E-state index in [-0.39, 0.29) is 17.2 Å². The van der Waals surface area contributed by atoms with Gasteiger partial charge in [-0.15, -0.1) is 0 Å². The molecule has 25 heavy (non-hydrogen) atoms. The summed E-state index contributed by atoms with van der Waals surface area (Å²) in [4.78, 5) is 24.5. The number of ether oxygens (including phenoxy) is 2. The quantitative estimate of drug-likeness (QED) is 0.748. The number of amides is 1. The third-order valence-electron chi connectivity index (χ3n) is 3.21. The standard InChI is InChI=1S/C19H26ClNO4/c1-13(20)11-16(22)17(21-18(23)25-19(3,4)5)14(2)24-12-15-9-7-6-8-10-15/h6-10,14,17H,1,11-12H2,2-5H3,(H,21,23)/t14-,17+/m0/s1. The third-order valence-corrected chi connectivity index (χ3v) is 3.34. The van der Waals surface area contributed by atoms with Crippen LogP contribution in [0.3, 0.4) is 0 Å². The first-order valence-corrected chi connectivity index (χ1v) is 8.47. The van der Waals surface area contributed by atoms with Crippen LogP contribution in [-0.2, 0) is 20.9 Å². The predicted molar refractivity (Wildman–Crippen MR) is 98.5 cm³/mol. The van der Waals surface area contributed by atoms with Gasteiger partial charge in [-0.1, -0.05) is 48.5 Å². The lowest BCUT2D eigenvalue weighted by Crippen LogP contribution is -2.50. The summed E-state index contributed by atoms with van der Waals surface area (Å²) >= 11 is 5.74. The van der Waals surface area contributed by atoms with E-state index in [1.165, 1.54) is 0 Å². The van der Waals surface area contributed by atoms with Crippen molar-refractivity contribution in [3.05, 3.63) is 47.5 Å². The highest BCUT2D eigenvalue weighted by atomic mass is 35.5. The van der Waals surface area contributed by atoms with Crippen LogP contribution in [0.5, 0.6) is 0 Å². The first-order chi connectivity index (χ1) is 11.6. The average Bonchev–Trinajstić information content (AvgIpc) is 2.48. The lowest BCUT2D eigenvalue weighted by molar-refractivity contribution is -0.124. The van der Waals surface area contributed by atoms with Gasteiger partial charge in [-0.2, -0.15) is 0 Å². The second-order valence-corrected chi connectivity index (χ2v) is 7.32. The summed E-state index contributed by atoms with van der Waals surface area (Å²) in [6.45, 7) is 10.8. The summed E-state index contributed by atoms with van der Waals surface area (Å²) in [7, 11) is 0. The van der Waals surface area contributed by atoms with E-state index in [1.807, 2.05) is 30.3 Å². The third kappa shape index (κ3) is 8.70. The van der Waals surface area contributed by atoms with Gasteiger partial charge in [0, 0.05) is 11.5 Å². The van der Waals surface area contributed by atoms with Crippen molar-refractivity contribution in [2.45, 2.75) is 58.5 Å². The number of halogens is 1. The Morgan fingerprint density at radius 3 is 2.36 bits per heavy atom. The van der Waals surface area contributed by atoms with Crippen molar-refractivity contribution < 1.29 is 19.1 Å². The summed E-state index contributed by atoms with van der Waals surface area (Å²) < 4.78 is 11.0. The van der Waals surface area contributed by atoms with Crippen molar-refractivity contribution in [3.8, 4) is 0 Å². The number of nitrogens with one attached hydrogen (secondary N) is 1. The van der Waals surface area contributed by atoms with Crippen molar-refractivity contribution in [1.29, 1.82) is 0 Å². The SMILES string of the molecule is C=C(Cl)CC(=O)[C@H](NC(=O)OC(C)(C)C)[C@H](C)OCc1ccccc1. The zero-order valence-electron chi connectivity index (χ0n) is 15.2. The van der Waals surface area contributed by atoms with Crippen LogP contribution < -0.4 is 5.32 Å². The van der Waals surface area contributed by atoms with Crippen LogP contribution in [0.15, 0.2) is 41.9 Å². The molecule has 0 saturated heterocycles. The fourth-order valence-corrected chi connectivity index (χ4v) is 2.22. The number of rotatable bonds is 8. The van der Waals surface area contributed by atoms with Crippen molar-refractivity contribution in [1.82, 2.24) is 5.32 Å². The lowest BCUT2D eigenvalue weighted by Gasteiger charge is -2.26. The predicted octanol–water partition coefficient (Wildman–Crippen LogP) is 4.20. The van der Waals surface area contributed by atoms with Crippen LogP contribution in [-0.4, -0.2) is 29.6 Å². The molecule has 1 N–H and O–H groups in total. The normalized spacial score (nSPS) is 13.6. The minimum atomic E-state index is -0.880. The van der Waals surface area contributed by atoms with Gasteiger partial charge in [0.25, 0.3) is 0 Å². The largest absolute Gasteiger partial charge is 0.444 e. The van der Waals surface area contributed by atoms with E-state index < -0.39 is 23.8 Å². The van der Waals surface area contributed by atoms with Gasteiger partial charge in [-0.25, -0.2) is 4.79 Å². The zero-order chi connectivity index (χ0) is 19.0. The molecule has 1 rings (SSSR count). The molecule has 0 spiro atoms. The number of hydrogen-bond donors (Lipinski definition) is 1. The molecule has 1 amide bonds. The molecular formula is C19H26ClNO4. The molecule has 0 heterocycles. The van der Waals surface area contributed by atoms with Crippen LogP contribution in [0.1, 0.15) is 39.7 Å². The maximum atomic E-state index is 12.4. The van der Waals surface area contributed by atoms with Gasteiger partial charge in [0.05, 0.1) is 12.7 Å². The van der Waals surface area contributed by atoms with Crippen LogP contribution in [0.4, 0.5) is 4.79 Å². The Kier molecular flexibility index (Phi) is 8.13. The minimum absolute atomic E-state index is 0.0545. The number of ketones is 1. The monoisotopic (exact) mass is 367 g/mol. The van der Waals surface area contributed by atoms with Gasteiger partial charge in [0.2, 0.25) is 0 Å². The Balaban J connectivity index is 2.76. The summed E-state index contributed by atoms with van der Waals surface area (Å²) in [5.41, 5.74) is 0.307. The van der Waals surface area contributed by atoms with Gasteiger partial charge in [-0.05, 0) is 33.3 Å². The molecule has 2 atom stereocenters. The molecule has 138 valence electrons. The molecule has 0 aliphatic carbocycles. The van der Waals surface area contributed by atoms with Gasteiger partial charge in [0.1, 0.15) is 11.6 Å². The smallest absolute Gasteiger partial charge is 0.408 e. The molecule has 5 nitrogen and oxygen atoms in total. The molecule has 0 aliphatic rings. The van der Waals surface area contributed by atoms with Gasteiger partial charge >= 0.3 is 6.09 Å². The number of carbonyl (C=O) groups excluding carboxylic acids is 2. The van der Waals surface area contributed by atoms with Gasteiger partial charge in [-0.3, -0.25) is 4.79 Å². The summed E-state index contributed by atoms with van der Waals surface area (Å²) in [6.07, 6.45) is -1.29. The lowest BCUT2D eigenvalue weighted by atomic mass is 10.0. The fourth-order valence-electron chi connectivity index (χ4n) is 2.09. The summed E-state index contributed by atoms with van der Waals surface area (Å²) in [5, 5.41) is 2.78. The number of allylic oxidation sites excluding steroid dienone is 1. The fraction of sp³-hybridized carbons (Fsp3) is 0.474. The summed E-state index contributed by atoms with van der Waals surface area (Å²) in [5.74, 6) is -0.286. The molecule has 0 unspecified atom stereocenters. The van der Waals surface area contributed by atoms with Crippen molar-refractivity contribution >= 4 is 23.5 Å². The first kappa shape index (κ1) is 21.2. The Morgan fingerprint density at radius 2 is 1.84 bits per heavy atom. The van der Waals surface area contributed by atoms with E-state index in [4.69, 9.17) is 21.1 Å². The molecular weight excluding hydrogens is 342 g/mol. The van der Waals surface area contributed by atoms with Crippen LogP contribution in [0, 0.1) is 0 Å². The van der Waals surface area contributed by atoms with Gasteiger partial charge < -0.3 is 14.8 Å². The van der Waals surface area contributed by atoms with E-state index in [9.17, 15) is 9.59 Å². The molecule has 0 saturated carbocycles. The molecule has 1 aromatic rings. The highest BCUT2D eigenvalue weighted by molar-refractivity contribution is 6.30. The second kappa shape index (κ2) is 9.59. The van der Waals surface area contributed by atoms with E-state index in [2.05, 4.69) is 11.9 Å². The number of hydrogen-bond acceptors (Lipinski definition) is 4. The molecule has 0 radical (unpaired) electrons. The molecule has 0 aliphatic heterocycles. The molecule has 1 aromatic carbocycles. The average molecular weight is 368 g/mol. The van der Waals surface area contributed by atoms with E-state index >= 15 is 0 Å². The Hall–Kier alpha value is -1.85. The Labute approximate surface area is 154 Å². The maximum absolute atomic E-state index is 12.4. The molecule has 0 aromatic heterocycles. The van der Waals surface area contributed by atoms with Crippen LogP contribution in [0.2, 0.25) is 0 Å². The highest BCUT2D eigenvalue weighted by Crippen LogP contribution is 2.14. The number of benzene rings is 1. The first-order valence-electron chi connectivity index (χ1n) is 8.09. The van der Waals surface area contributed by atoms with Crippen molar-refractivity contribution in [2.75, 3.05) is 0 Å². The van der Waals surface area contributed by atoms with Crippen LogP contribution in [0.25, 0.3) is 0 Å². The Bertz CT molecular complexity index is 595. The number of Topliss-reactive ketones (excluding diaryl/α,β-unsaturated/α-hetero) is 1. The topological polar surface area (TPSA) is 64.6 Å². The Morgan fingerprint density at radius 1 is 1.24 bits per heavy atom. The molecule has 6 heteroatoms. The number of carbonyl (C=O) groups is 2. The summed E-state index contributed by atoms with van der Waals surface area (Å²) in [6, 6.07) is 8.69. The van der Waals surface area contributed by atoms with E-state index in [0.717, 1.165) is 5.56 Å². The zero-order valence-corrected chi connectivity index (χ0v) is 15.9. The van der Waals surface area contributed by atoms with Crippen molar-refractivity contribution in [3.63, 3.8) is 0 Å². The maximum Gasteiger partial charge on any atom is 0.408 e. The molecule has 0 fully saturated rings. The van der Waals surface area contributed by atoms with E-state index in [0.29, 0.717) is 6.61 Å². The second-order valence-electron chi connectivity index (χ2n) is 6.79. The van der Waals surface area contributed by atoms with Crippen molar-refractivity contribution in [2.24, 2.45) is 0 Å². The minimum Gasteiger partial charge on any atom is -0.444 e. The van der Waals surface area contributed by atoms with Gasteiger partial charge in [0.15, 0.2) is 5.78 Å². The van der Waals surface area contributed by atoms with E-state index in [1.54, 1.807) is 27.7 Å². The highest BCUT2D eigenvalue weighted by Gasteiger charge is 2.29.